The van der Waals surface area contributed by atoms with Crippen LogP contribution in [0.3, 0.4) is 0 Å². The third-order valence-corrected chi connectivity index (χ3v) is 4.43. The highest BCUT2D eigenvalue weighted by Crippen LogP contribution is 2.24. The molecule has 2 fully saturated rings. The quantitative estimate of drug-likeness (QED) is 0.925. The highest BCUT2D eigenvalue weighted by atomic mass is 35.5. The molecule has 1 saturated carbocycles. The number of rotatable bonds is 4. The van der Waals surface area contributed by atoms with Crippen molar-refractivity contribution in [3.63, 3.8) is 0 Å². The maximum absolute atomic E-state index is 6.02. The van der Waals surface area contributed by atoms with Gasteiger partial charge < -0.3 is 10.2 Å². The summed E-state index contributed by atoms with van der Waals surface area (Å²) in [4.78, 5) is 15.1. The molecule has 1 aromatic rings. The van der Waals surface area contributed by atoms with Gasteiger partial charge in [0.25, 0.3) is 0 Å². The Morgan fingerprint density at radius 2 is 1.75 bits per heavy atom. The molecule has 1 N–H and O–H groups in total. The second kappa shape index (κ2) is 6.57. The maximum Gasteiger partial charge on any atom is 0.231 e. The monoisotopic (exact) mass is 295 g/mol. The fraction of sp³-hybridized carbons (Fsp3) is 0.786. The summed E-state index contributed by atoms with van der Waals surface area (Å²) in [6, 6.07) is 0. The molecule has 20 heavy (non-hydrogen) atoms. The average molecular weight is 296 g/mol. The van der Waals surface area contributed by atoms with Crippen molar-refractivity contribution in [2.24, 2.45) is 5.92 Å². The van der Waals surface area contributed by atoms with Crippen molar-refractivity contribution in [2.75, 3.05) is 29.9 Å². The van der Waals surface area contributed by atoms with Gasteiger partial charge >= 0.3 is 0 Å². The van der Waals surface area contributed by atoms with Crippen LogP contribution in [0.1, 0.15) is 44.9 Å². The van der Waals surface area contributed by atoms with Gasteiger partial charge in [0, 0.05) is 19.6 Å². The molecular formula is C14H22ClN5. The zero-order valence-corrected chi connectivity index (χ0v) is 12.6. The Morgan fingerprint density at radius 1 is 1.00 bits per heavy atom. The van der Waals surface area contributed by atoms with Gasteiger partial charge in [-0.2, -0.15) is 15.0 Å². The van der Waals surface area contributed by atoms with Gasteiger partial charge in [0.1, 0.15) is 0 Å². The molecule has 1 saturated heterocycles. The molecule has 2 heterocycles. The first kappa shape index (κ1) is 13.9. The second-order valence-electron chi connectivity index (χ2n) is 5.81. The topological polar surface area (TPSA) is 53.9 Å². The predicted octanol–water partition coefficient (Wildman–Crippen LogP) is 3.12. The van der Waals surface area contributed by atoms with Gasteiger partial charge in [-0.05, 0) is 43.2 Å². The van der Waals surface area contributed by atoms with Crippen molar-refractivity contribution in [3.8, 4) is 0 Å². The number of nitrogens with zero attached hydrogens (tertiary/aromatic N) is 4. The summed E-state index contributed by atoms with van der Waals surface area (Å²) < 4.78 is 0. The van der Waals surface area contributed by atoms with Gasteiger partial charge in [0.05, 0.1) is 0 Å². The molecule has 0 atom stereocenters. The first-order chi connectivity index (χ1) is 9.81. The van der Waals surface area contributed by atoms with Gasteiger partial charge in [-0.25, -0.2) is 0 Å². The Balaban J connectivity index is 1.63. The smallest absolute Gasteiger partial charge is 0.231 e. The second-order valence-corrected chi connectivity index (χ2v) is 6.15. The molecule has 5 nitrogen and oxygen atoms in total. The van der Waals surface area contributed by atoms with Crippen LogP contribution in [0, 0.1) is 5.92 Å². The number of aromatic nitrogens is 3. The summed E-state index contributed by atoms with van der Waals surface area (Å²) in [5, 5.41) is 3.63. The van der Waals surface area contributed by atoms with Crippen molar-refractivity contribution in [1.29, 1.82) is 0 Å². The molecule has 2 aliphatic rings. The number of nitrogens with one attached hydrogen (secondary N) is 1. The largest absolute Gasteiger partial charge is 0.354 e. The number of hydrogen-bond acceptors (Lipinski definition) is 5. The van der Waals surface area contributed by atoms with E-state index in [1.807, 2.05) is 0 Å². The molecule has 110 valence electrons. The molecule has 1 aliphatic carbocycles. The van der Waals surface area contributed by atoms with E-state index in [0.717, 1.165) is 25.6 Å². The molecule has 0 bridgehead atoms. The van der Waals surface area contributed by atoms with E-state index < -0.39 is 0 Å². The number of hydrogen-bond donors (Lipinski definition) is 1. The van der Waals surface area contributed by atoms with Gasteiger partial charge in [-0.1, -0.05) is 19.3 Å². The van der Waals surface area contributed by atoms with E-state index in [0.29, 0.717) is 11.9 Å². The lowest BCUT2D eigenvalue weighted by Gasteiger charge is -2.22. The van der Waals surface area contributed by atoms with E-state index in [1.54, 1.807) is 0 Å². The van der Waals surface area contributed by atoms with Crippen LogP contribution in [0.5, 0.6) is 0 Å². The minimum Gasteiger partial charge on any atom is -0.354 e. The third-order valence-electron chi connectivity index (χ3n) is 4.26. The standard InChI is InChI=1S/C14H22ClN5/c15-12-17-13(16-10-11-6-2-1-3-7-11)19-14(18-12)20-8-4-5-9-20/h11H,1-10H2,(H,16,17,18,19). The lowest BCUT2D eigenvalue weighted by Crippen LogP contribution is -2.23. The van der Waals surface area contributed by atoms with Crippen molar-refractivity contribution in [2.45, 2.75) is 44.9 Å². The molecule has 0 radical (unpaired) electrons. The van der Waals surface area contributed by atoms with Crippen LogP contribution in [0.2, 0.25) is 5.28 Å². The number of halogens is 1. The third kappa shape index (κ3) is 3.51. The fourth-order valence-electron chi connectivity index (χ4n) is 3.10. The van der Waals surface area contributed by atoms with E-state index in [4.69, 9.17) is 11.6 Å². The summed E-state index contributed by atoms with van der Waals surface area (Å²) in [7, 11) is 0. The zero-order chi connectivity index (χ0) is 13.8. The highest BCUT2D eigenvalue weighted by molar-refractivity contribution is 6.28. The molecule has 3 rings (SSSR count). The Hall–Kier alpha value is -1.10. The van der Waals surface area contributed by atoms with Crippen molar-refractivity contribution in [3.05, 3.63) is 5.28 Å². The summed E-state index contributed by atoms with van der Waals surface area (Å²) in [5.74, 6) is 2.08. The SMILES string of the molecule is Clc1nc(NCC2CCCCC2)nc(N2CCCC2)n1. The van der Waals surface area contributed by atoms with E-state index in [2.05, 4.69) is 25.2 Å². The lowest BCUT2D eigenvalue weighted by atomic mass is 9.89. The Morgan fingerprint density at radius 3 is 2.50 bits per heavy atom. The van der Waals surface area contributed by atoms with Crippen LogP contribution in [0.25, 0.3) is 0 Å². The maximum atomic E-state index is 6.02. The zero-order valence-electron chi connectivity index (χ0n) is 11.8. The first-order valence-corrected chi connectivity index (χ1v) is 8.09. The summed E-state index contributed by atoms with van der Waals surface area (Å²) >= 11 is 6.02. The van der Waals surface area contributed by atoms with Crippen molar-refractivity contribution < 1.29 is 0 Å². The van der Waals surface area contributed by atoms with E-state index in [-0.39, 0.29) is 5.28 Å². The van der Waals surface area contributed by atoms with Crippen LogP contribution in [0.4, 0.5) is 11.9 Å². The first-order valence-electron chi connectivity index (χ1n) is 7.71. The Labute approximate surface area is 125 Å². The van der Waals surface area contributed by atoms with Crippen LogP contribution in [-0.2, 0) is 0 Å². The minimum atomic E-state index is 0.285. The summed E-state index contributed by atoms with van der Waals surface area (Å²) in [6.07, 6.45) is 9.11. The van der Waals surface area contributed by atoms with Crippen LogP contribution in [-0.4, -0.2) is 34.6 Å². The Bertz CT molecular complexity index is 441. The highest BCUT2D eigenvalue weighted by Gasteiger charge is 2.18. The molecule has 1 aliphatic heterocycles. The predicted molar refractivity (Wildman–Crippen MR) is 81.3 cm³/mol. The minimum absolute atomic E-state index is 0.285. The normalized spacial score (nSPS) is 20.4. The summed E-state index contributed by atoms with van der Waals surface area (Å²) in [6.45, 7) is 2.98. The molecule has 0 unspecified atom stereocenters. The Kier molecular flexibility index (Phi) is 4.55. The fourth-order valence-corrected chi connectivity index (χ4v) is 3.26. The van der Waals surface area contributed by atoms with Crippen LogP contribution >= 0.6 is 11.6 Å². The lowest BCUT2D eigenvalue weighted by molar-refractivity contribution is 0.373. The molecule has 0 aromatic carbocycles. The molecule has 1 aromatic heterocycles. The van der Waals surface area contributed by atoms with E-state index in [9.17, 15) is 0 Å². The van der Waals surface area contributed by atoms with Crippen LogP contribution in [0.15, 0.2) is 0 Å². The van der Waals surface area contributed by atoms with Gasteiger partial charge in [-0.3, -0.25) is 0 Å². The van der Waals surface area contributed by atoms with Crippen molar-refractivity contribution in [1.82, 2.24) is 15.0 Å². The van der Waals surface area contributed by atoms with E-state index >= 15 is 0 Å². The van der Waals surface area contributed by atoms with Gasteiger partial charge in [-0.15, -0.1) is 0 Å². The van der Waals surface area contributed by atoms with Gasteiger partial charge in [0.2, 0.25) is 17.2 Å². The molecule has 6 heteroatoms. The molecule has 0 spiro atoms. The van der Waals surface area contributed by atoms with E-state index in [1.165, 1.54) is 44.9 Å². The molecule has 0 amide bonds. The van der Waals surface area contributed by atoms with Crippen LogP contribution < -0.4 is 10.2 Å². The number of anilines is 2. The average Bonchev–Trinajstić information content (AvgIpc) is 3.00. The molecular weight excluding hydrogens is 274 g/mol. The summed E-state index contributed by atoms with van der Waals surface area (Å²) in [5.41, 5.74) is 0. The van der Waals surface area contributed by atoms with Crippen molar-refractivity contribution >= 4 is 23.5 Å². The van der Waals surface area contributed by atoms with Gasteiger partial charge in [0.15, 0.2) is 0 Å².